The molecule has 1 aromatic heterocycles. The monoisotopic (exact) mass is 397 g/mol. The Kier molecular flexibility index (Phi) is 4.99. The number of hydrogen-bond acceptors (Lipinski definition) is 5. The Morgan fingerprint density at radius 2 is 1.68 bits per heavy atom. The van der Waals surface area contributed by atoms with Gasteiger partial charge in [0.1, 0.15) is 0 Å². The second-order valence-electron chi connectivity index (χ2n) is 6.75. The number of nitrogens with one attached hydrogen (secondary N) is 2. The van der Waals surface area contributed by atoms with Crippen molar-refractivity contribution in [1.82, 2.24) is 15.2 Å². The van der Waals surface area contributed by atoms with Crippen LogP contribution in [0.25, 0.3) is 0 Å². The summed E-state index contributed by atoms with van der Waals surface area (Å²) in [5.41, 5.74) is 3.26. The zero-order chi connectivity index (χ0) is 17.9. The highest BCUT2D eigenvalue weighted by atomic mass is 79.9. The van der Waals surface area contributed by atoms with Crippen molar-refractivity contribution in [3.8, 4) is 0 Å². The first-order chi connectivity index (χ1) is 11.9. The van der Waals surface area contributed by atoms with E-state index in [4.69, 9.17) is 0 Å². The normalized spacial score (nSPS) is 11.2. The first-order valence-electron chi connectivity index (χ1n) is 8.00. The standard InChI is InChI=1S/C19H20BrN5/c1-19(2,3)13-7-9-15(10-8-13)23-18-24-17(12-21-25-18)22-16-6-4-5-14(20)11-16/h4-12H,1-3H3,(H2,22,23,24,25). The molecule has 0 saturated heterocycles. The number of hydrogen-bond donors (Lipinski definition) is 2. The van der Waals surface area contributed by atoms with Crippen LogP contribution in [0.5, 0.6) is 0 Å². The maximum atomic E-state index is 4.45. The largest absolute Gasteiger partial charge is 0.339 e. The van der Waals surface area contributed by atoms with Gasteiger partial charge in [-0.1, -0.05) is 54.9 Å². The fourth-order valence-corrected chi connectivity index (χ4v) is 2.71. The summed E-state index contributed by atoms with van der Waals surface area (Å²) in [5, 5.41) is 14.5. The minimum absolute atomic E-state index is 0.129. The molecule has 0 aliphatic heterocycles. The Balaban J connectivity index is 1.73. The van der Waals surface area contributed by atoms with Crippen molar-refractivity contribution >= 4 is 39.1 Å². The second kappa shape index (κ2) is 7.19. The van der Waals surface area contributed by atoms with Gasteiger partial charge in [-0.05, 0) is 41.3 Å². The molecule has 0 atom stereocenters. The Morgan fingerprint density at radius 1 is 0.920 bits per heavy atom. The molecule has 5 nitrogen and oxygen atoms in total. The molecule has 0 spiro atoms. The number of halogens is 1. The Labute approximate surface area is 156 Å². The zero-order valence-electron chi connectivity index (χ0n) is 14.4. The van der Waals surface area contributed by atoms with Gasteiger partial charge in [-0.3, -0.25) is 0 Å². The lowest BCUT2D eigenvalue weighted by Crippen LogP contribution is -2.10. The molecule has 2 aromatic carbocycles. The summed E-state index contributed by atoms with van der Waals surface area (Å²) in [6.07, 6.45) is 1.59. The molecule has 3 aromatic rings. The highest BCUT2D eigenvalue weighted by Gasteiger charge is 2.13. The maximum absolute atomic E-state index is 4.45. The van der Waals surface area contributed by atoms with Gasteiger partial charge in [0.2, 0.25) is 5.95 Å². The number of nitrogens with zero attached hydrogens (tertiary/aromatic N) is 3. The first-order valence-corrected chi connectivity index (χ1v) is 8.79. The van der Waals surface area contributed by atoms with Crippen LogP contribution in [0.3, 0.4) is 0 Å². The van der Waals surface area contributed by atoms with E-state index in [9.17, 15) is 0 Å². The third-order valence-corrected chi connectivity index (χ3v) is 4.16. The van der Waals surface area contributed by atoms with Crippen LogP contribution in [0.4, 0.5) is 23.1 Å². The van der Waals surface area contributed by atoms with Crippen LogP contribution in [0, 0.1) is 0 Å². The Bertz CT molecular complexity index is 856. The van der Waals surface area contributed by atoms with E-state index in [-0.39, 0.29) is 5.41 Å². The summed E-state index contributed by atoms with van der Waals surface area (Å²) in [5.74, 6) is 1.07. The molecule has 3 rings (SSSR count). The average Bonchev–Trinajstić information content (AvgIpc) is 2.55. The number of aromatic nitrogens is 3. The molecule has 0 aliphatic rings. The molecule has 0 bridgehead atoms. The van der Waals surface area contributed by atoms with Crippen LogP contribution in [0.1, 0.15) is 26.3 Å². The molecule has 6 heteroatoms. The average molecular weight is 398 g/mol. The van der Waals surface area contributed by atoms with E-state index >= 15 is 0 Å². The fraction of sp³-hybridized carbons (Fsp3) is 0.211. The minimum Gasteiger partial charge on any atom is -0.339 e. The summed E-state index contributed by atoms with van der Waals surface area (Å²) >= 11 is 3.45. The molecular formula is C19H20BrN5. The highest BCUT2D eigenvalue weighted by molar-refractivity contribution is 9.10. The predicted octanol–water partition coefficient (Wildman–Crippen LogP) is 5.42. The van der Waals surface area contributed by atoms with Crippen LogP contribution in [0.2, 0.25) is 0 Å². The third-order valence-electron chi connectivity index (χ3n) is 3.66. The smallest absolute Gasteiger partial charge is 0.249 e. The lowest BCUT2D eigenvalue weighted by Gasteiger charge is -2.19. The fourth-order valence-electron chi connectivity index (χ4n) is 2.31. The van der Waals surface area contributed by atoms with Gasteiger partial charge in [-0.2, -0.15) is 10.1 Å². The molecule has 0 saturated carbocycles. The molecular weight excluding hydrogens is 378 g/mol. The van der Waals surface area contributed by atoms with Crippen molar-refractivity contribution in [3.63, 3.8) is 0 Å². The topological polar surface area (TPSA) is 62.7 Å². The van der Waals surface area contributed by atoms with E-state index in [2.05, 4.69) is 74.6 Å². The molecule has 128 valence electrons. The minimum atomic E-state index is 0.129. The molecule has 0 aliphatic carbocycles. The van der Waals surface area contributed by atoms with Gasteiger partial charge in [0.15, 0.2) is 5.82 Å². The summed E-state index contributed by atoms with van der Waals surface area (Å²) in [4.78, 5) is 4.45. The number of rotatable bonds is 4. The van der Waals surface area contributed by atoms with Crippen molar-refractivity contribution in [2.45, 2.75) is 26.2 Å². The predicted molar refractivity (Wildman–Crippen MR) is 106 cm³/mol. The van der Waals surface area contributed by atoms with Gasteiger partial charge in [0.25, 0.3) is 0 Å². The molecule has 2 N–H and O–H groups in total. The van der Waals surface area contributed by atoms with Crippen molar-refractivity contribution in [2.24, 2.45) is 0 Å². The summed E-state index contributed by atoms with van der Waals surface area (Å²) < 4.78 is 0.997. The van der Waals surface area contributed by atoms with Crippen molar-refractivity contribution in [1.29, 1.82) is 0 Å². The molecule has 0 radical (unpaired) electrons. The van der Waals surface area contributed by atoms with Crippen molar-refractivity contribution in [2.75, 3.05) is 10.6 Å². The van der Waals surface area contributed by atoms with E-state index in [1.807, 2.05) is 36.4 Å². The first kappa shape index (κ1) is 17.4. The van der Waals surface area contributed by atoms with Gasteiger partial charge < -0.3 is 10.6 Å². The lowest BCUT2D eigenvalue weighted by atomic mass is 9.87. The number of benzene rings is 2. The Hall–Kier alpha value is -2.47. The molecule has 25 heavy (non-hydrogen) atoms. The lowest BCUT2D eigenvalue weighted by molar-refractivity contribution is 0.590. The van der Waals surface area contributed by atoms with E-state index < -0.39 is 0 Å². The van der Waals surface area contributed by atoms with Crippen molar-refractivity contribution < 1.29 is 0 Å². The quantitative estimate of drug-likeness (QED) is 0.615. The van der Waals surface area contributed by atoms with Gasteiger partial charge in [-0.25, -0.2) is 0 Å². The SMILES string of the molecule is CC(C)(C)c1ccc(Nc2nncc(Nc3cccc(Br)c3)n2)cc1. The molecule has 1 heterocycles. The molecule has 0 amide bonds. The third kappa shape index (κ3) is 4.76. The van der Waals surface area contributed by atoms with Crippen LogP contribution in [0.15, 0.2) is 59.2 Å². The Morgan fingerprint density at radius 3 is 2.36 bits per heavy atom. The number of anilines is 4. The van der Waals surface area contributed by atoms with Crippen LogP contribution in [-0.2, 0) is 5.41 Å². The van der Waals surface area contributed by atoms with Gasteiger partial charge in [-0.15, -0.1) is 5.10 Å². The highest BCUT2D eigenvalue weighted by Crippen LogP contribution is 2.24. The summed E-state index contributed by atoms with van der Waals surface area (Å²) in [6.45, 7) is 6.58. The van der Waals surface area contributed by atoms with Crippen LogP contribution in [-0.4, -0.2) is 15.2 Å². The van der Waals surface area contributed by atoms with E-state index in [1.165, 1.54) is 5.56 Å². The van der Waals surface area contributed by atoms with Crippen molar-refractivity contribution in [3.05, 3.63) is 64.8 Å². The second-order valence-corrected chi connectivity index (χ2v) is 7.67. The van der Waals surface area contributed by atoms with E-state index in [0.717, 1.165) is 15.8 Å². The van der Waals surface area contributed by atoms with Crippen LogP contribution >= 0.6 is 15.9 Å². The van der Waals surface area contributed by atoms with Gasteiger partial charge in [0, 0.05) is 15.8 Å². The van der Waals surface area contributed by atoms with Gasteiger partial charge in [0.05, 0.1) is 6.20 Å². The molecule has 0 unspecified atom stereocenters. The van der Waals surface area contributed by atoms with E-state index in [1.54, 1.807) is 6.20 Å². The summed E-state index contributed by atoms with van der Waals surface area (Å²) in [7, 11) is 0. The molecule has 0 fully saturated rings. The summed E-state index contributed by atoms with van der Waals surface area (Å²) in [6, 6.07) is 16.1. The maximum Gasteiger partial charge on any atom is 0.249 e. The van der Waals surface area contributed by atoms with Gasteiger partial charge >= 0.3 is 0 Å². The van der Waals surface area contributed by atoms with E-state index in [0.29, 0.717) is 11.8 Å². The van der Waals surface area contributed by atoms with Crippen LogP contribution < -0.4 is 10.6 Å². The zero-order valence-corrected chi connectivity index (χ0v) is 16.0.